The largest absolute Gasteiger partial charge is 0.247 e. The van der Waals surface area contributed by atoms with E-state index in [0.717, 1.165) is 39.2 Å². The van der Waals surface area contributed by atoms with Crippen LogP contribution in [0.4, 0.5) is 0 Å². The summed E-state index contributed by atoms with van der Waals surface area (Å²) in [6.07, 6.45) is 4.33. The van der Waals surface area contributed by atoms with Crippen molar-refractivity contribution >= 4 is 22.5 Å². The molecule has 2 unspecified atom stereocenters. The van der Waals surface area contributed by atoms with Gasteiger partial charge in [0.1, 0.15) is 5.15 Å². The lowest BCUT2D eigenvalue weighted by Crippen LogP contribution is -2.34. The van der Waals surface area contributed by atoms with E-state index in [9.17, 15) is 0 Å². The van der Waals surface area contributed by atoms with Gasteiger partial charge in [-0.3, -0.25) is 0 Å². The molecule has 1 fully saturated rings. The van der Waals surface area contributed by atoms with Gasteiger partial charge in [-0.25, -0.2) is 9.97 Å². The van der Waals surface area contributed by atoms with Gasteiger partial charge in [-0.05, 0) is 53.4 Å². The Kier molecular flexibility index (Phi) is 5.06. The van der Waals surface area contributed by atoms with Crippen LogP contribution in [0.2, 0.25) is 5.15 Å². The first kappa shape index (κ1) is 20.2. The summed E-state index contributed by atoms with van der Waals surface area (Å²) >= 11 is 6.39. The van der Waals surface area contributed by atoms with Crippen LogP contribution in [0.1, 0.15) is 45.1 Å². The predicted molar refractivity (Wildman–Crippen MR) is 130 cm³/mol. The Bertz CT molecular complexity index is 1220. The summed E-state index contributed by atoms with van der Waals surface area (Å²) in [6, 6.07) is 23.5. The molecular weight excluding hydrogens is 400 g/mol. The van der Waals surface area contributed by atoms with E-state index in [-0.39, 0.29) is 0 Å². The van der Waals surface area contributed by atoms with E-state index >= 15 is 0 Å². The van der Waals surface area contributed by atoms with E-state index in [1.54, 1.807) is 6.20 Å². The fourth-order valence-corrected chi connectivity index (χ4v) is 5.15. The van der Waals surface area contributed by atoms with E-state index in [4.69, 9.17) is 16.6 Å². The first-order chi connectivity index (χ1) is 14.9. The minimum absolute atomic E-state index is 0.356. The summed E-state index contributed by atoms with van der Waals surface area (Å²) in [5.74, 6) is 1.42. The van der Waals surface area contributed by atoms with Crippen molar-refractivity contribution in [2.24, 2.45) is 11.3 Å². The van der Waals surface area contributed by atoms with Crippen molar-refractivity contribution in [1.82, 2.24) is 9.97 Å². The smallest absolute Gasteiger partial charge is 0.138 e. The Balaban J connectivity index is 1.60. The second kappa shape index (κ2) is 7.76. The van der Waals surface area contributed by atoms with Gasteiger partial charge in [0.05, 0.1) is 11.2 Å². The summed E-state index contributed by atoms with van der Waals surface area (Å²) in [7, 11) is 0. The molecule has 4 aromatic rings. The van der Waals surface area contributed by atoms with Crippen LogP contribution in [0.5, 0.6) is 0 Å². The molecular formula is C28H27ClN2. The quantitative estimate of drug-likeness (QED) is 0.309. The van der Waals surface area contributed by atoms with E-state index in [1.165, 1.54) is 18.4 Å². The number of pyridine rings is 2. The highest BCUT2D eigenvalue weighted by atomic mass is 35.5. The van der Waals surface area contributed by atoms with Gasteiger partial charge in [0.2, 0.25) is 0 Å². The molecule has 0 aliphatic heterocycles. The SMILES string of the molecule is CC(C)(C)C1CCC1c1ccc(-c2nc3ccnc(Cl)c3cc2-c2ccccc2)cc1. The number of aromatic nitrogens is 2. The zero-order valence-corrected chi connectivity index (χ0v) is 19.0. The van der Waals surface area contributed by atoms with E-state index in [0.29, 0.717) is 16.5 Å². The van der Waals surface area contributed by atoms with Gasteiger partial charge in [-0.2, -0.15) is 0 Å². The van der Waals surface area contributed by atoms with Crippen molar-refractivity contribution in [3.05, 3.63) is 83.6 Å². The van der Waals surface area contributed by atoms with Crippen LogP contribution in [0, 0.1) is 11.3 Å². The van der Waals surface area contributed by atoms with Gasteiger partial charge < -0.3 is 0 Å². The maximum absolute atomic E-state index is 6.39. The lowest BCUT2D eigenvalue weighted by atomic mass is 9.59. The third-order valence-corrected chi connectivity index (χ3v) is 7.08. The number of hydrogen-bond donors (Lipinski definition) is 0. The van der Waals surface area contributed by atoms with Crippen LogP contribution in [-0.4, -0.2) is 9.97 Å². The van der Waals surface area contributed by atoms with Crippen LogP contribution in [-0.2, 0) is 0 Å². The zero-order valence-electron chi connectivity index (χ0n) is 18.3. The van der Waals surface area contributed by atoms with Gasteiger partial charge in [0, 0.05) is 22.7 Å². The summed E-state index contributed by atoms with van der Waals surface area (Å²) in [4.78, 5) is 9.26. The Hall–Kier alpha value is -2.71. The van der Waals surface area contributed by atoms with Crippen molar-refractivity contribution < 1.29 is 0 Å². The second-order valence-corrected chi connectivity index (χ2v) is 10.1. The summed E-state index contributed by atoms with van der Waals surface area (Å²) in [5.41, 5.74) is 6.98. The summed E-state index contributed by atoms with van der Waals surface area (Å²) < 4.78 is 0. The molecule has 1 aliphatic rings. The summed E-state index contributed by atoms with van der Waals surface area (Å²) in [5, 5.41) is 1.37. The Labute approximate surface area is 189 Å². The molecule has 1 saturated carbocycles. The molecule has 2 aromatic carbocycles. The molecule has 2 atom stereocenters. The lowest BCUT2D eigenvalue weighted by Gasteiger charge is -2.45. The average Bonchev–Trinajstić information content (AvgIpc) is 2.72. The van der Waals surface area contributed by atoms with Crippen LogP contribution in [0.3, 0.4) is 0 Å². The van der Waals surface area contributed by atoms with Crippen molar-refractivity contribution in [2.45, 2.75) is 39.5 Å². The zero-order chi connectivity index (χ0) is 21.6. The van der Waals surface area contributed by atoms with Gasteiger partial charge in [0.25, 0.3) is 0 Å². The van der Waals surface area contributed by atoms with Crippen LogP contribution >= 0.6 is 11.6 Å². The monoisotopic (exact) mass is 426 g/mol. The molecule has 2 nitrogen and oxygen atoms in total. The van der Waals surface area contributed by atoms with Crippen molar-refractivity contribution in [1.29, 1.82) is 0 Å². The maximum Gasteiger partial charge on any atom is 0.138 e. The van der Waals surface area contributed by atoms with Gasteiger partial charge >= 0.3 is 0 Å². The second-order valence-electron chi connectivity index (χ2n) is 9.70. The average molecular weight is 427 g/mol. The van der Waals surface area contributed by atoms with Gasteiger partial charge in [0.15, 0.2) is 0 Å². The molecule has 156 valence electrons. The molecule has 0 bridgehead atoms. The van der Waals surface area contributed by atoms with Gasteiger partial charge in [-0.1, -0.05) is 87.0 Å². The molecule has 1 aliphatic carbocycles. The molecule has 5 rings (SSSR count). The lowest BCUT2D eigenvalue weighted by molar-refractivity contribution is 0.106. The molecule has 0 radical (unpaired) electrons. The number of hydrogen-bond acceptors (Lipinski definition) is 2. The maximum atomic E-state index is 6.39. The molecule has 0 N–H and O–H groups in total. The normalized spacial score (nSPS) is 18.7. The molecule has 31 heavy (non-hydrogen) atoms. The number of halogens is 1. The van der Waals surface area contributed by atoms with E-state index in [1.807, 2.05) is 12.1 Å². The van der Waals surface area contributed by atoms with Crippen molar-refractivity contribution in [2.75, 3.05) is 0 Å². The Morgan fingerprint density at radius 2 is 1.61 bits per heavy atom. The predicted octanol–water partition coefficient (Wildman–Crippen LogP) is 8.16. The minimum atomic E-state index is 0.356. The van der Waals surface area contributed by atoms with Crippen LogP contribution < -0.4 is 0 Å². The van der Waals surface area contributed by atoms with Crippen molar-refractivity contribution in [3.8, 4) is 22.4 Å². The molecule has 0 amide bonds. The fraction of sp³-hybridized carbons (Fsp3) is 0.286. The molecule has 0 saturated heterocycles. The number of nitrogens with zero attached hydrogens (tertiary/aromatic N) is 2. The standard InChI is InChI=1S/C28H27ClN2/c1-28(2,3)24-14-13-21(24)19-9-11-20(12-10-19)26-22(18-7-5-4-6-8-18)17-23-25(31-26)15-16-30-27(23)29/h4-12,15-17,21,24H,13-14H2,1-3H3. The molecule has 2 aromatic heterocycles. The number of benzene rings is 2. The van der Waals surface area contributed by atoms with Crippen LogP contribution in [0.15, 0.2) is 72.9 Å². The Morgan fingerprint density at radius 3 is 2.26 bits per heavy atom. The molecule has 2 heterocycles. The number of fused-ring (bicyclic) bond motifs is 1. The number of rotatable bonds is 3. The first-order valence-corrected chi connectivity index (χ1v) is 11.4. The Morgan fingerprint density at radius 1 is 0.871 bits per heavy atom. The molecule has 0 spiro atoms. The highest BCUT2D eigenvalue weighted by Crippen LogP contribution is 2.51. The highest BCUT2D eigenvalue weighted by Gasteiger charge is 2.39. The van der Waals surface area contributed by atoms with Crippen molar-refractivity contribution in [3.63, 3.8) is 0 Å². The van der Waals surface area contributed by atoms with E-state index < -0.39 is 0 Å². The third-order valence-electron chi connectivity index (χ3n) is 6.78. The van der Waals surface area contributed by atoms with Crippen LogP contribution in [0.25, 0.3) is 33.3 Å². The van der Waals surface area contributed by atoms with E-state index in [2.05, 4.69) is 80.4 Å². The highest BCUT2D eigenvalue weighted by molar-refractivity contribution is 6.34. The topological polar surface area (TPSA) is 25.8 Å². The molecule has 3 heteroatoms. The van der Waals surface area contributed by atoms with Gasteiger partial charge in [-0.15, -0.1) is 0 Å². The first-order valence-electron chi connectivity index (χ1n) is 11.0. The fourth-order valence-electron chi connectivity index (χ4n) is 4.94. The third kappa shape index (κ3) is 3.74. The summed E-state index contributed by atoms with van der Waals surface area (Å²) in [6.45, 7) is 7.09. The minimum Gasteiger partial charge on any atom is -0.247 e.